The van der Waals surface area contributed by atoms with Crippen molar-refractivity contribution in [1.29, 1.82) is 0 Å². The summed E-state index contributed by atoms with van der Waals surface area (Å²) in [7, 11) is 2.95. The zero-order valence-corrected chi connectivity index (χ0v) is 16.9. The standard InChI is InChI=1S/C21H23N5O4/c1-29-9-8-22-21-23-11-16-18(27)17(20(28)25-30-2)12-26(19(16)24-21)15-7-6-13-4-3-5-14(13)10-15/h6-7,10-12H,3-5,8-9H2,1-2H3,(H,25,28)(H,22,23,24)/p+1. The van der Waals surface area contributed by atoms with Crippen LogP contribution in [0.15, 0.2) is 35.4 Å². The summed E-state index contributed by atoms with van der Waals surface area (Å²) >= 11 is 0. The van der Waals surface area contributed by atoms with Crippen LogP contribution in [0.1, 0.15) is 27.9 Å². The zero-order valence-electron chi connectivity index (χ0n) is 16.9. The van der Waals surface area contributed by atoms with Crippen LogP contribution in [0.2, 0.25) is 0 Å². The first-order valence-corrected chi connectivity index (χ1v) is 9.78. The van der Waals surface area contributed by atoms with E-state index in [0.717, 1.165) is 24.9 Å². The number of pyridine rings is 1. The van der Waals surface area contributed by atoms with Gasteiger partial charge in [-0.2, -0.15) is 0 Å². The molecule has 0 saturated carbocycles. The van der Waals surface area contributed by atoms with Crippen LogP contribution >= 0.6 is 0 Å². The molecule has 0 aliphatic heterocycles. The van der Waals surface area contributed by atoms with Gasteiger partial charge in [-0.25, -0.2) is 10.5 Å². The van der Waals surface area contributed by atoms with E-state index in [-0.39, 0.29) is 5.56 Å². The van der Waals surface area contributed by atoms with Gasteiger partial charge < -0.3 is 4.74 Å². The van der Waals surface area contributed by atoms with Gasteiger partial charge in [0.15, 0.2) is 0 Å². The lowest BCUT2D eigenvalue weighted by molar-refractivity contribution is -0.363. The van der Waals surface area contributed by atoms with Gasteiger partial charge in [-0.05, 0) is 42.5 Å². The van der Waals surface area contributed by atoms with Crippen molar-refractivity contribution >= 4 is 22.9 Å². The Bertz CT molecular complexity index is 1160. The van der Waals surface area contributed by atoms with Crippen molar-refractivity contribution in [2.24, 2.45) is 0 Å². The summed E-state index contributed by atoms with van der Waals surface area (Å²) in [5.41, 5.74) is 5.68. The number of carbonyl (C=O) groups is 1. The lowest BCUT2D eigenvalue weighted by atomic mass is 10.1. The summed E-state index contributed by atoms with van der Waals surface area (Å²) in [5.74, 6) is -0.107. The monoisotopic (exact) mass is 410 g/mol. The van der Waals surface area contributed by atoms with Crippen LogP contribution in [0.25, 0.3) is 16.7 Å². The van der Waals surface area contributed by atoms with Gasteiger partial charge >= 0.3 is 5.95 Å². The highest BCUT2D eigenvalue weighted by molar-refractivity contribution is 5.96. The van der Waals surface area contributed by atoms with Crippen molar-refractivity contribution < 1.29 is 19.4 Å². The maximum Gasteiger partial charge on any atom is 0.391 e. The Labute approximate surface area is 173 Å². The molecule has 30 heavy (non-hydrogen) atoms. The fraction of sp³-hybridized carbons (Fsp3) is 0.333. The highest BCUT2D eigenvalue weighted by Gasteiger charge is 2.21. The first kappa shape index (κ1) is 20.0. The van der Waals surface area contributed by atoms with Crippen molar-refractivity contribution in [3.8, 4) is 5.69 Å². The Morgan fingerprint density at radius 2 is 2.10 bits per heavy atom. The number of rotatable bonds is 7. The maximum atomic E-state index is 13.0. The van der Waals surface area contributed by atoms with Crippen molar-refractivity contribution in [1.82, 2.24) is 15.0 Å². The quantitative estimate of drug-likeness (QED) is 0.445. The van der Waals surface area contributed by atoms with E-state index >= 15 is 0 Å². The number of H-pyrrole nitrogens is 1. The first-order valence-electron chi connectivity index (χ1n) is 9.78. The molecule has 1 amide bonds. The van der Waals surface area contributed by atoms with E-state index in [0.29, 0.717) is 30.1 Å². The smallest absolute Gasteiger partial charge is 0.381 e. The fourth-order valence-electron chi connectivity index (χ4n) is 3.72. The fourth-order valence-corrected chi connectivity index (χ4v) is 3.72. The number of nitrogens with zero attached hydrogens (tertiary/aromatic N) is 2. The average Bonchev–Trinajstić information content (AvgIpc) is 3.22. The second-order valence-corrected chi connectivity index (χ2v) is 7.09. The van der Waals surface area contributed by atoms with Gasteiger partial charge in [0.25, 0.3) is 5.91 Å². The van der Waals surface area contributed by atoms with Gasteiger partial charge in [0, 0.05) is 19.0 Å². The van der Waals surface area contributed by atoms with Crippen LogP contribution in [0.5, 0.6) is 0 Å². The molecule has 0 fully saturated rings. The Morgan fingerprint density at radius 3 is 2.90 bits per heavy atom. The molecular weight excluding hydrogens is 386 g/mol. The lowest BCUT2D eigenvalue weighted by Crippen LogP contribution is -2.30. The summed E-state index contributed by atoms with van der Waals surface area (Å²) in [4.78, 5) is 37.7. The summed E-state index contributed by atoms with van der Waals surface area (Å²) in [5, 5.41) is 3.43. The lowest BCUT2D eigenvalue weighted by Gasteiger charge is -2.12. The summed E-state index contributed by atoms with van der Waals surface area (Å²) < 4.78 is 6.83. The molecule has 1 aliphatic carbocycles. The van der Waals surface area contributed by atoms with Gasteiger partial charge in [0.1, 0.15) is 10.9 Å². The first-order chi connectivity index (χ1) is 14.6. The minimum Gasteiger partial charge on any atom is -0.381 e. The molecule has 1 aliphatic rings. The molecule has 0 bridgehead atoms. The Morgan fingerprint density at radius 1 is 1.27 bits per heavy atom. The molecule has 3 aromatic rings. The highest BCUT2D eigenvalue weighted by Crippen LogP contribution is 2.25. The number of hydrogen-bond acceptors (Lipinski definition) is 6. The molecule has 156 valence electrons. The minimum atomic E-state index is -0.610. The number of amides is 1. The van der Waals surface area contributed by atoms with Crippen molar-refractivity contribution in [3.05, 3.63) is 57.5 Å². The van der Waals surface area contributed by atoms with Crippen LogP contribution in [0, 0.1) is 0 Å². The van der Waals surface area contributed by atoms with Crippen molar-refractivity contribution in [2.75, 3.05) is 32.7 Å². The maximum absolute atomic E-state index is 13.0. The minimum absolute atomic E-state index is 0.0276. The molecule has 0 saturated heterocycles. The summed E-state index contributed by atoms with van der Waals surface area (Å²) in [6.07, 6.45) is 6.30. The number of fused-ring (bicyclic) bond motifs is 2. The molecule has 0 atom stereocenters. The Hall–Kier alpha value is -3.30. The molecule has 9 heteroatoms. The number of methoxy groups -OCH3 is 1. The highest BCUT2D eigenvalue weighted by atomic mass is 16.6. The van der Waals surface area contributed by atoms with Gasteiger partial charge in [-0.15, -0.1) is 0 Å². The van der Waals surface area contributed by atoms with E-state index in [1.54, 1.807) is 17.9 Å². The van der Waals surface area contributed by atoms with E-state index in [1.165, 1.54) is 24.4 Å². The van der Waals surface area contributed by atoms with E-state index in [1.807, 2.05) is 6.07 Å². The summed E-state index contributed by atoms with van der Waals surface area (Å²) in [6.45, 7) is 1.07. The average molecular weight is 410 g/mol. The van der Waals surface area contributed by atoms with Gasteiger partial charge in [-0.1, -0.05) is 11.1 Å². The molecular formula is C21H24N5O4+. The molecule has 2 aromatic heterocycles. The predicted molar refractivity (Wildman–Crippen MR) is 111 cm³/mol. The number of aromatic amines is 1. The van der Waals surface area contributed by atoms with E-state index < -0.39 is 11.3 Å². The second-order valence-electron chi connectivity index (χ2n) is 7.09. The van der Waals surface area contributed by atoms with E-state index in [2.05, 4.69) is 32.9 Å². The number of aryl methyl sites for hydroxylation is 2. The molecule has 1 aromatic carbocycles. The third kappa shape index (κ3) is 3.77. The Balaban J connectivity index is 1.89. The largest absolute Gasteiger partial charge is 0.391 e. The number of hydroxylamine groups is 1. The number of nitrogens with one attached hydrogen (secondary N) is 3. The molecule has 0 unspecified atom stereocenters. The number of carbonyl (C=O) groups excluding carboxylic acids is 1. The number of aromatic nitrogens is 3. The molecule has 9 nitrogen and oxygen atoms in total. The van der Waals surface area contributed by atoms with Crippen molar-refractivity contribution in [2.45, 2.75) is 19.3 Å². The van der Waals surface area contributed by atoms with E-state index in [9.17, 15) is 9.59 Å². The van der Waals surface area contributed by atoms with Crippen LogP contribution < -0.4 is 21.2 Å². The van der Waals surface area contributed by atoms with Gasteiger partial charge in [0.05, 0.1) is 26.5 Å². The molecule has 4 rings (SSSR count). The second kappa shape index (κ2) is 8.60. The van der Waals surface area contributed by atoms with E-state index in [4.69, 9.17) is 9.57 Å². The summed E-state index contributed by atoms with van der Waals surface area (Å²) in [6, 6.07) is 6.19. The topological polar surface area (TPSA) is 109 Å². The SMILES string of the molecule is COCCNc1nc2c(c[nH+]1)c(=O)c(C(=O)NOC)cn2-c1ccc2c(c1)CCC2. The third-order valence-electron chi connectivity index (χ3n) is 5.19. The van der Waals surface area contributed by atoms with Gasteiger partial charge in [0.2, 0.25) is 11.1 Å². The number of anilines is 1. The predicted octanol–water partition coefficient (Wildman–Crippen LogP) is 1.04. The number of hydrogen-bond donors (Lipinski definition) is 2. The molecule has 3 N–H and O–H groups in total. The normalized spacial score (nSPS) is 12.7. The van der Waals surface area contributed by atoms with Crippen LogP contribution in [0.3, 0.4) is 0 Å². The Kier molecular flexibility index (Phi) is 5.73. The zero-order chi connectivity index (χ0) is 21.1. The molecule has 0 spiro atoms. The number of ether oxygens (including phenoxy) is 1. The van der Waals surface area contributed by atoms with Gasteiger partial charge in [-0.3, -0.25) is 24.3 Å². The van der Waals surface area contributed by atoms with Crippen LogP contribution in [0.4, 0.5) is 5.95 Å². The van der Waals surface area contributed by atoms with Crippen LogP contribution in [-0.4, -0.2) is 42.8 Å². The number of benzene rings is 1. The van der Waals surface area contributed by atoms with Crippen LogP contribution in [-0.2, 0) is 22.4 Å². The molecule has 2 heterocycles. The molecule has 0 radical (unpaired) electrons. The van der Waals surface area contributed by atoms with Crippen molar-refractivity contribution in [3.63, 3.8) is 0 Å². The third-order valence-corrected chi connectivity index (χ3v) is 5.19.